The van der Waals surface area contributed by atoms with Crippen molar-refractivity contribution >= 4 is 12.2 Å². The summed E-state index contributed by atoms with van der Waals surface area (Å²) in [6.07, 6.45) is 18.3. The average Bonchev–Trinajstić information content (AvgIpc) is 3.95. The summed E-state index contributed by atoms with van der Waals surface area (Å²) in [7, 11) is 0. The van der Waals surface area contributed by atoms with Crippen molar-refractivity contribution < 1.29 is 44.8 Å². The molecule has 4 aliphatic carbocycles. The van der Waals surface area contributed by atoms with E-state index in [1.165, 1.54) is 91.2 Å². The molecule has 0 N–H and O–H groups in total. The topological polar surface area (TPSA) is 0 Å². The van der Waals surface area contributed by atoms with Gasteiger partial charge in [-0.1, -0.05) is 0 Å². The maximum Gasteiger partial charge on any atom is -1.00 e. The molecule has 2 atom stereocenters. The summed E-state index contributed by atoms with van der Waals surface area (Å²) in [6.45, 7) is 9.23. The zero-order chi connectivity index (χ0) is 34.0. The summed E-state index contributed by atoms with van der Waals surface area (Å²) in [5.74, 6) is 2.69. The van der Waals surface area contributed by atoms with Crippen LogP contribution in [0.4, 0.5) is 0 Å². The number of hydrogen-bond acceptors (Lipinski definition) is 0. The molecule has 4 aromatic rings. The second-order valence-corrected chi connectivity index (χ2v) is 34.0. The molecule has 0 bridgehead atoms. The van der Waals surface area contributed by atoms with Crippen LogP contribution in [0.1, 0.15) is 138 Å². The Morgan fingerprint density at radius 2 is 0.865 bits per heavy atom. The van der Waals surface area contributed by atoms with E-state index >= 15 is 0 Å². The summed E-state index contributed by atoms with van der Waals surface area (Å²) in [5, 5.41) is 0. The molecule has 0 nitrogen and oxygen atoms in total. The third kappa shape index (κ3) is 6.41. The van der Waals surface area contributed by atoms with Crippen molar-refractivity contribution in [1.29, 1.82) is 0 Å². The Labute approximate surface area is 331 Å². The molecule has 0 radical (unpaired) electrons. The van der Waals surface area contributed by atoms with Gasteiger partial charge in [0.15, 0.2) is 0 Å². The molecule has 3 heteroatoms. The fraction of sp³-hybridized carbons (Fsp3) is 0.429. The molecule has 1 heterocycles. The molecule has 1 aliphatic heterocycles. The third-order valence-corrected chi connectivity index (χ3v) is 36.2. The number of rotatable bonds is 8. The first-order valence-electron chi connectivity index (χ1n) is 20.3. The number of allylic oxidation sites excluding steroid dienone is 2. The number of fused-ring (bicyclic) bond motifs is 2. The first-order valence-corrected chi connectivity index (χ1v) is 29.6. The van der Waals surface area contributed by atoms with E-state index in [4.69, 9.17) is 0 Å². The Balaban J connectivity index is 0.00000210. The van der Waals surface area contributed by atoms with E-state index in [2.05, 4.69) is 125 Å². The van der Waals surface area contributed by atoms with Gasteiger partial charge in [0.1, 0.15) is 0 Å². The Bertz CT molecular complexity index is 1810. The molecule has 2 unspecified atom stereocenters. The van der Waals surface area contributed by atoms with E-state index in [9.17, 15) is 0 Å². The maximum absolute atomic E-state index is 3.15. The van der Waals surface area contributed by atoms with Gasteiger partial charge in [0, 0.05) is 0 Å². The van der Waals surface area contributed by atoms with Crippen LogP contribution in [0.2, 0.25) is 8.35 Å². The molecule has 1 saturated heterocycles. The van der Waals surface area contributed by atoms with Crippen molar-refractivity contribution in [1.82, 2.24) is 0 Å². The summed E-state index contributed by atoms with van der Waals surface area (Å²) in [6, 6.07) is 34.1. The predicted octanol–water partition coefficient (Wildman–Crippen LogP) is 8.63. The van der Waals surface area contributed by atoms with Crippen LogP contribution >= 0.6 is 0 Å². The standard InChI is InChI=1S/2C23H25.C3H6.2ClH.Hf/c2*1-16(2)17-10-12-19(13-11-17)22-9-5-8-20-14-21(15-23(20)22)18-6-3-4-7-18;1-3-2;;;/h2*5,8-16,18H,3-4,6-7H2,1-2H3;1-3H2;2*1H;/q;;;;;+2/p-2. The van der Waals surface area contributed by atoms with Crippen LogP contribution in [0.25, 0.3) is 34.4 Å². The minimum atomic E-state index is -3.15. The van der Waals surface area contributed by atoms with E-state index in [0.29, 0.717) is 11.8 Å². The predicted molar refractivity (Wildman–Crippen MR) is 212 cm³/mol. The normalized spacial score (nSPS) is 21.4. The van der Waals surface area contributed by atoms with Gasteiger partial charge in [0.05, 0.1) is 0 Å². The van der Waals surface area contributed by atoms with Gasteiger partial charge in [-0.3, -0.25) is 0 Å². The first-order chi connectivity index (χ1) is 24.4. The van der Waals surface area contributed by atoms with Crippen LogP contribution in [0.3, 0.4) is 0 Å². The third-order valence-electron chi connectivity index (χ3n) is 14.1. The monoisotopic (exact) mass is 894 g/mol. The molecule has 0 aromatic heterocycles. The van der Waals surface area contributed by atoms with Gasteiger partial charge < -0.3 is 24.8 Å². The van der Waals surface area contributed by atoms with Crippen molar-refractivity contribution in [2.24, 2.45) is 11.8 Å². The molecule has 5 aliphatic rings. The van der Waals surface area contributed by atoms with Gasteiger partial charge in [-0.25, -0.2) is 0 Å². The van der Waals surface area contributed by atoms with E-state index < -0.39 is 20.0 Å². The van der Waals surface area contributed by atoms with Crippen molar-refractivity contribution in [3.8, 4) is 22.3 Å². The van der Waals surface area contributed by atoms with Gasteiger partial charge in [0.2, 0.25) is 0 Å². The van der Waals surface area contributed by atoms with Crippen molar-refractivity contribution in [3.05, 3.63) is 129 Å². The molecule has 52 heavy (non-hydrogen) atoms. The summed E-state index contributed by atoms with van der Waals surface area (Å²) < 4.78 is 4.60. The number of halogens is 2. The van der Waals surface area contributed by atoms with Crippen LogP contribution in [0.5, 0.6) is 0 Å². The van der Waals surface area contributed by atoms with Crippen LogP contribution < -0.4 is 24.8 Å². The molecule has 3 fully saturated rings. The number of benzene rings is 4. The van der Waals surface area contributed by atoms with Gasteiger partial charge in [0.25, 0.3) is 0 Å². The smallest absolute Gasteiger partial charge is 1.00 e. The second-order valence-electron chi connectivity index (χ2n) is 17.4. The van der Waals surface area contributed by atoms with Crippen LogP contribution in [-0.2, 0) is 20.0 Å². The molecular weight excluding hydrogens is 838 g/mol. The van der Waals surface area contributed by atoms with E-state index in [1.54, 1.807) is 30.6 Å². The summed E-state index contributed by atoms with van der Waals surface area (Å²) in [5.41, 5.74) is 19.1. The largest absolute Gasteiger partial charge is 1.00 e. The van der Waals surface area contributed by atoms with Crippen molar-refractivity contribution in [3.63, 3.8) is 0 Å². The molecule has 9 rings (SSSR count). The van der Waals surface area contributed by atoms with Gasteiger partial charge >= 0.3 is 309 Å². The summed E-state index contributed by atoms with van der Waals surface area (Å²) in [4.78, 5) is 0. The molecule has 0 spiro atoms. The molecular formula is C49H56Cl2Hf. The summed E-state index contributed by atoms with van der Waals surface area (Å²) >= 11 is -3.15. The molecule has 0 amide bonds. The molecule has 270 valence electrons. The molecule has 2 saturated carbocycles. The van der Waals surface area contributed by atoms with Crippen LogP contribution in [0.15, 0.2) is 96.1 Å². The Morgan fingerprint density at radius 1 is 0.481 bits per heavy atom. The van der Waals surface area contributed by atoms with Crippen molar-refractivity contribution in [2.75, 3.05) is 0 Å². The van der Waals surface area contributed by atoms with Crippen molar-refractivity contribution in [2.45, 2.75) is 113 Å². The molecule has 4 aromatic carbocycles. The minimum Gasteiger partial charge on any atom is -1.00 e. The van der Waals surface area contributed by atoms with E-state index in [1.807, 2.05) is 11.1 Å². The Kier molecular flexibility index (Phi) is 11.4. The maximum atomic E-state index is 2.79. The quantitative estimate of drug-likeness (QED) is 0.156. The average molecular weight is 894 g/mol. The van der Waals surface area contributed by atoms with Crippen LogP contribution in [0, 0.1) is 11.8 Å². The SMILES string of the molecule is CC(C)c1ccc(-c2cccc3c2C=C(C2CCCC2)[CH]3[Hf+2]2([CH]3C(C4CCCC4)=Cc4c(-c5ccc(C(C)C)cc5)cccc43)[CH2]C[CH2]2)cc1.[Cl-].[Cl-]. The number of hydrogen-bond donors (Lipinski definition) is 0. The fourth-order valence-corrected chi connectivity index (χ4v) is 34.2. The van der Waals surface area contributed by atoms with Gasteiger partial charge in [-0.15, -0.1) is 0 Å². The minimum absolute atomic E-state index is 0. The van der Waals surface area contributed by atoms with E-state index in [0.717, 1.165) is 19.2 Å². The van der Waals surface area contributed by atoms with Crippen LogP contribution in [-0.4, -0.2) is 0 Å². The Morgan fingerprint density at radius 3 is 1.19 bits per heavy atom. The zero-order valence-corrected chi connectivity index (χ0v) is 36.8. The van der Waals surface area contributed by atoms with E-state index in [-0.39, 0.29) is 24.8 Å². The Hall–Kier alpha value is -2.19. The second kappa shape index (κ2) is 15.5. The first kappa shape index (κ1) is 38.1. The van der Waals surface area contributed by atoms with Gasteiger partial charge in [-0.05, 0) is 0 Å². The zero-order valence-electron chi connectivity index (χ0n) is 31.7. The fourth-order valence-electron chi connectivity index (χ4n) is 11.3. The van der Waals surface area contributed by atoms with Gasteiger partial charge in [-0.2, -0.15) is 0 Å².